The topological polar surface area (TPSA) is 55.7 Å². The van der Waals surface area contributed by atoms with E-state index in [-0.39, 0.29) is 16.6 Å². The van der Waals surface area contributed by atoms with E-state index in [2.05, 4.69) is 12.0 Å². The monoisotopic (exact) mass is 230 g/mol. The summed E-state index contributed by atoms with van der Waals surface area (Å²) in [5.41, 5.74) is 0. The van der Waals surface area contributed by atoms with Gasteiger partial charge in [-0.1, -0.05) is 33.1 Å². The van der Waals surface area contributed by atoms with E-state index in [1.165, 1.54) is 0 Å². The normalized spacial score (nSPS) is 15.2. The summed E-state index contributed by atoms with van der Waals surface area (Å²) in [4.78, 5) is 0. The van der Waals surface area contributed by atoms with E-state index in [1.54, 1.807) is 6.92 Å². The third kappa shape index (κ3) is 7.65. The van der Waals surface area contributed by atoms with Crippen LogP contribution in [0.5, 0.6) is 0 Å². The molecule has 1 unspecified atom stereocenters. The second-order valence-electron chi connectivity index (χ2n) is 4.80. The highest BCUT2D eigenvalue weighted by atomic mass is 16.3. The predicted octanol–water partition coefficient (Wildman–Crippen LogP) is 1.09. The number of quaternary nitrogens is 1. The molecule has 0 bridgehead atoms. The van der Waals surface area contributed by atoms with Crippen LogP contribution in [0, 0.1) is 0 Å². The molecule has 4 nitrogen and oxygen atoms in total. The molecular formula is C12H26N2O2. The van der Waals surface area contributed by atoms with Crippen LogP contribution in [-0.2, 0) is 0 Å². The van der Waals surface area contributed by atoms with Crippen molar-refractivity contribution in [3.63, 3.8) is 0 Å². The highest BCUT2D eigenvalue weighted by Gasteiger charge is 2.19. The summed E-state index contributed by atoms with van der Waals surface area (Å²) in [5, 5.41) is 25.0. The second kappa shape index (κ2) is 7.63. The zero-order valence-corrected chi connectivity index (χ0v) is 11.1. The van der Waals surface area contributed by atoms with Gasteiger partial charge >= 0.3 is 0 Å². The van der Waals surface area contributed by atoms with E-state index in [1.807, 2.05) is 14.1 Å². The largest absolute Gasteiger partial charge is 0.858 e. The molecule has 1 atom stereocenters. The van der Waals surface area contributed by atoms with Crippen LogP contribution >= 0.6 is 0 Å². The SMILES string of the molecule is CCCCCC(O)C[N+](C)(C)/N=C(\[O-])CC. The maximum Gasteiger partial charge on any atom is 0.129 e. The van der Waals surface area contributed by atoms with Gasteiger partial charge in [0.15, 0.2) is 0 Å². The van der Waals surface area contributed by atoms with Gasteiger partial charge in [-0.3, -0.25) is 0 Å². The Labute approximate surface area is 99.2 Å². The van der Waals surface area contributed by atoms with Crippen molar-refractivity contribution in [2.45, 2.75) is 52.1 Å². The van der Waals surface area contributed by atoms with Crippen LogP contribution in [0.2, 0.25) is 0 Å². The zero-order chi connectivity index (χ0) is 12.6. The van der Waals surface area contributed by atoms with E-state index in [0.717, 1.165) is 25.7 Å². The minimum Gasteiger partial charge on any atom is -0.858 e. The molecule has 0 saturated heterocycles. The summed E-state index contributed by atoms with van der Waals surface area (Å²) < 4.78 is 0.222. The molecule has 0 spiro atoms. The van der Waals surface area contributed by atoms with E-state index in [0.29, 0.717) is 13.0 Å². The summed E-state index contributed by atoms with van der Waals surface area (Å²) in [6.07, 6.45) is 4.20. The summed E-state index contributed by atoms with van der Waals surface area (Å²) >= 11 is 0. The number of unbranched alkanes of at least 4 members (excludes halogenated alkanes) is 2. The first kappa shape index (κ1) is 15.4. The van der Waals surface area contributed by atoms with E-state index >= 15 is 0 Å². The quantitative estimate of drug-likeness (QED) is 0.223. The lowest BCUT2D eigenvalue weighted by atomic mass is 10.1. The average molecular weight is 230 g/mol. The Kier molecular flexibility index (Phi) is 7.34. The van der Waals surface area contributed by atoms with Crippen molar-refractivity contribution >= 4 is 5.90 Å². The van der Waals surface area contributed by atoms with Crippen molar-refractivity contribution in [2.75, 3.05) is 20.6 Å². The third-order valence-electron chi connectivity index (χ3n) is 2.48. The Bertz CT molecular complexity index is 215. The molecule has 0 fully saturated rings. The highest BCUT2D eigenvalue weighted by molar-refractivity contribution is 5.70. The fourth-order valence-electron chi connectivity index (χ4n) is 1.65. The minimum absolute atomic E-state index is 0.106. The van der Waals surface area contributed by atoms with Gasteiger partial charge in [0.2, 0.25) is 0 Å². The molecule has 0 amide bonds. The third-order valence-corrected chi connectivity index (χ3v) is 2.48. The predicted molar refractivity (Wildman–Crippen MR) is 64.9 cm³/mol. The number of rotatable bonds is 8. The summed E-state index contributed by atoms with van der Waals surface area (Å²) in [5.74, 6) is -0.106. The van der Waals surface area contributed by atoms with Crippen molar-refractivity contribution in [3.8, 4) is 0 Å². The standard InChI is InChI=1S/C12H26N2O2/c1-5-7-8-9-11(15)10-14(3,4)13-12(16)6-2/h11,15H,5-10H2,1-4H3. The average Bonchev–Trinajstić information content (AvgIpc) is 2.16. The van der Waals surface area contributed by atoms with Gasteiger partial charge in [-0.25, -0.2) is 4.59 Å². The molecule has 0 aliphatic carbocycles. The molecular weight excluding hydrogens is 204 g/mol. The summed E-state index contributed by atoms with van der Waals surface area (Å²) in [6, 6.07) is 0. The van der Waals surface area contributed by atoms with Gasteiger partial charge in [0, 0.05) is 5.90 Å². The van der Waals surface area contributed by atoms with Crippen molar-refractivity contribution in [3.05, 3.63) is 0 Å². The number of aliphatic hydroxyl groups excluding tert-OH is 1. The smallest absolute Gasteiger partial charge is 0.129 e. The van der Waals surface area contributed by atoms with Crippen LogP contribution in [-0.4, -0.2) is 42.3 Å². The van der Waals surface area contributed by atoms with Crippen LogP contribution < -0.4 is 5.11 Å². The van der Waals surface area contributed by atoms with Crippen LogP contribution in [0.1, 0.15) is 46.0 Å². The van der Waals surface area contributed by atoms with Gasteiger partial charge in [-0.2, -0.15) is 0 Å². The molecule has 0 aliphatic rings. The van der Waals surface area contributed by atoms with Crippen LogP contribution in [0.3, 0.4) is 0 Å². The van der Waals surface area contributed by atoms with Crippen molar-refractivity contribution in [1.29, 1.82) is 0 Å². The molecule has 96 valence electrons. The molecule has 0 heterocycles. The van der Waals surface area contributed by atoms with Crippen LogP contribution in [0.4, 0.5) is 0 Å². The molecule has 1 N–H and O–H groups in total. The van der Waals surface area contributed by atoms with E-state index < -0.39 is 0 Å². The molecule has 0 rings (SSSR count). The number of hydrogen-bond donors (Lipinski definition) is 1. The van der Waals surface area contributed by atoms with E-state index in [4.69, 9.17) is 0 Å². The molecule has 0 saturated carbocycles. The molecule has 4 heteroatoms. The highest BCUT2D eigenvalue weighted by Crippen LogP contribution is 2.08. The maximum absolute atomic E-state index is 11.2. The Balaban J connectivity index is 4.04. The van der Waals surface area contributed by atoms with Gasteiger partial charge in [0.25, 0.3) is 0 Å². The van der Waals surface area contributed by atoms with Gasteiger partial charge < -0.3 is 10.2 Å². The van der Waals surface area contributed by atoms with Crippen molar-refractivity contribution < 1.29 is 14.8 Å². The first-order valence-electron chi connectivity index (χ1n) is 6.18. The van der Waals surface area contributed by atoms with Crippen LogP contribution in [0.15, 0.2) is 5.10 Å². The lowest BCUT2D eigenvalue weighted by Gasteiger charge is -2.27. The fraction of sp³-hybridized carbons (Fsp3) is 0.917. The first-order valence-corrected chi connectivity index (χ1v) is 6.18. The number of nitrogens with zero attached hydrogens (tertiary/aromatic N) is 2. The van der Waals surface area contributed by atoms with Gasteiger partial charge in [0.05, 0.1) is 14.1 Å². The van der Waals surface area contributed by atoms with E-state index in [9.17, 15) is 10.2 Å². The summed E-state index contributed by atoms with van der Waals surface area (Å²) in [7, 11) is 3.69. The van der Waals surface area contributed by atoms with Crippen LogP contribution in [0.25, 0.3) is 0 Å². The molecule has 0 aromatic rings. The Hall–Kier alpha value is -0.610. The van der Waals surface area contributed by atoms with Gasteiger partial charge in [-0.05, 0) is 12.8 Å². The first-order chi connectivity index (χ1) is 7.41. The lowest BCUT2D eigenvalue weighted by Crippen LogP contribution is -2.42. The number of hydrogen-bond acceptors (Lipinski definition) is 3. The Morgan fingerprint density at radius 2 is 1.94 bits per heavy atom. The Morgan fingerprint density at radius 3 is 2.44 bits per heavy atom. The molecule has 0 aromatic carbocycles. The zero-order valence-electron chi connectivity index (χ0n) is 11.1. The second-order valence-corrected chi connectivity index (χ2v) is 4.80. The van der Waals surface area contributed by atoms with Crippen molar-refractivity contribution in [1.82, 2.24) is 0 Å². The Morgan fingerprint density at radius 1 is 1.31 bits per heavy atom. The van der Waals surface area contributed by atoms with Gasteiger partial charge in [-0.15, -0.1) is 5.10 Å². The molecule has 0 aliphatic heterocycles. The number of likely N-dealkylation sites (N-methyl/N-ethyl adjacent to an activating group) is 1. The molecule has 16 heavy (non-hydrogen) atoms. The number of aliphatic hydroxyl groups is 1. The summed E-state index contributed by atoms with van der Waals surface area (Å²) in [6.45, 7) is 4.45. The fourth-order valence-corrected chi connectivity index (χ4v) is 1.65. The van der Waals surface area contributed by atoms with Crippen molar-refractivity contribution in [2.24, 2.45) is 5.10 Å². The maximum atomic E-state index is 11.2. The van der Waals surface area contributed by atoms with Gasteiger partial charge in [0.1, 0.15) is 12.6 Å². The lowest BCUT2D eigenvalue weighted by molar-refractivity contribution is -0.901. The minimum atomic E-state index is -0.366. The molecule has 0 aromatic heterocycles. The molecule has 0 radical (unpaired) electrons.